The Morgan fingerprint density at radius 1 is 1.14 bits per heavy atom. The molecule has 1 N–H and O–H groups in total. The molecule has 0 aliphatic carbocycles. The van der Waals surface area contributed by atoms with Crippen LogP contribution in [0.25, 0.3) is 10.9 Å². The zero-order valence-electron chi connectivity index (χ0n) is 21.4. The van der Waals surface area contributed by atoms with E-state index in [4.69, 9.17) is 14.7 Å². The fourth-order valence-electron chi connectivity index (χ4n) is 5.90. The van der Waals surface area contributed by atoms with E-state index in [-0.39, 0.29) is 6.04 Å². The third kappa shape index (κ3) is 4.91. The van der Waals surface area contributed by atoms with E-state index in [0.29, 0.717) is 31.6 Å². The molecule has 2 saturated heterocycles. The number of aromatic nitrogens is 3. The molecule has 0 spiro atoms. The molecular formula is C28H34N8O. The van der Waals surface area contributed by atoms with Crippen molar-refractivity contribution in [1.29, 1.82) is 5.26 Å². The van der Waals surface area contributed by atoms with Crippen molar-refractivity contribution in [2.24, 2.45) is 0 Å². The molecule has 2 atom stereocenters. The maximum Gasteiger partial charge on any atom is 0.318 e. The highest BCUT2D eigenvalue weighted by atomic mass is 16.5. The van der Waals surface area contributed by atoms with Crippen LogP contribution < -0.4 is 19.9 Å². The SMILES string of the molecule is CN1CCC[C@H]1COc1nc2c(c(N3CCNC(CC#N)C3)n1)CCN(c1ccnc3ccccc13)C2. The highest BCUT2D eigenvalue weighted by molar-refractivity contribution is 5.91. The Hall–Kier alpha value is -3.48. The van der Waals surface area contributed by atoms with Crippen molar-refractivity contribution in [2.75, 3.05) is 56.2 Å². The molecule has 2 aromatic heterocycles. The topological polar surface area (TPSA) is 93.4 Å². The van der Waals surface area contributed by atoms with E-state index in [1.165, 1.54) is 17.7 Å². The molecule has 3 aliphatic rings. The van der Waals surface area contributed by atoms with Gasteiger partial charge in [0.25, 0.3) is 0 Å². The Labute approximate surface area is 218 Å². The average Bonchev–Trinajstić information content (AvgIpc) is 3.35. The Kier molecular flexibility index (Phi) is 6.77. The van der Waals surface area contributed by atoms with E-state index < -0.39 is 0 Å². The predicted molar refractivity (Wildman–Crippen MR) is 144 cm³/mol. The summed E-state index contributed by atoms with van der Waals surface area (Å²) >= 11 is 0. The van der Waals surface area contributed by atoms with Crippen LogP contribution >= 0.6 is 0 Å². The zero-order chi connectivity index (χ0) is 25.2. The number of ether oxygens (including phenoxy) is 1. The first-order valence-electron chi connectivity index (χ1n) is 13.4. The number of fused-ring (bicyclic) bond motifs is 2. The second-order valence-electron chi connectivity index (χ2n) is 10.3. The molecule has 3 aliphatic heterocycles. The second kappa shape index (κ2) is 10.5. The van der Waals surface area contributed by atoms with Crippen LogP contribution in [-0.2, 0) is 13.0 Å². The minimum absolute atomic E-state index is 0.143. The van der Waals surface area contributed by atoms with Crippen molar-refractivity contribution < 1.29 is 4.74 Å². The van der Waals surface area contributed by atoms with Crippen molar-refractivity contribution >= 4 is 22.4 Å². The maximum atomic E-state index is 9.25. The van der Waals surface area contributed by atoms with Crippen molar-refractivity contribution in [3.05, 3.63) is 47.8 Å². The smallest absolute Gasteiger partial charge is 0.318 e. The lowest BCUT2D eigenvalue weighted by molar-refractivity contribution is 0.187. The minimum atomic E-state index is 0.143. The van der Waals surface area contributed by atoms with Crippen LogP contribution in [-0.4, -0.2) is 78.3 Å². The number of nitriles is 1. The van der Waals surface area contributed by atoms with E-state index in [9.17, 15) is 5.26 Å². The summed E-state index contributed by atoms with van der Waals surface area (Å²) < 4.78 is 6.26. The third-order valence-electron chi connectivity index (χ3n) is 7.96. The van der Waals surface area contributed by atoms with Gasteiger partial charge in [0.05, 0.1) is 30.2 Å². The number of rotatable bonds is 6. The van der Waals surface area contributed by atoms with Gasteiger partial charge in [-0.05, 0) is 45.0 Å². The molecule has 192 valence electrons. The quantitative estimate of drug-likeness (QED) is 0.551. The number of pyridine rings is 1. The van der Waals surface area contributed by atoms with Crippen LogP contribution in [0.2, 0.25) is 0 Å². The number of piperazine rings is 1. The molecule has 9 heteroatoms. The minimum Gasteiger partial charge on any atom is -0.462 e. The summed E-state index contributed by atoms with van der Waals surface area (Å²) in [5.74, 6) is 0.975. The number of benzene rings is 1. The molecule has 1 aromatic carbocycles. The normalized spacial score (nSPS) is 22.2. The van der Waals surface area contributed by atoms with E-state index in [2.05, 4.69) is 62.4 Å². The fraction of sp³-hybridized carbons (Fsp3) is 0.500. The van der Waals surface area contributed by atoms with Gasteiger partial charge in [0.15, 0.2) is 0 Å². The molecule has 2 fully saturated rings. The van der Waals surface area contributed by atoms with Crippen LogP contribution in [0.1, 0.15) is 30.5 Å². The van der Waals surface area contributed by atoms with E-state index in [0.717, 1.165) is 68.0 Å². The molecule has 37 heavy (non-hydrogen) atoms. The standard InChI is InChI=1S/C28H34N8O/c1-34-14-4-5-21(34)19-37-28-32-25-18-35(26-9-12-31-24-7-3-2-6-22(24)26)15-10-23(25)27(33-28)36-16-13-30-20(17-36)8-11-29/h2-3,6-7,9,12,20-21,30H,4-5,8,10,13-19H2,1H3/t20?,21-/m0/s1. The third-order valence-corrected chi connectivity index (χ3v) is 7.96. The number of likely N-dealkylation sites (N-methyl/N-ethyl adjacent to an activating group) is 1. The lowest BCUT2D eigenvalue weighted by Gasteiger charge is -2.37. The number of hydrogen-bond donors (Lipinski definition) is 1. The predicted octanol–water partition coefficient (Wildman–Crippen LogP) is 2.75. The van der Waals surface area contributed by atoms with E-state index in [1.54, 1.807) is 0 Å². The van der Waals surface area contributed by atoms with Crippen LogP contribution in [0.5, 0.6) is 6.01 Å². The van der Waals surface area contributed by atoms with Crippen LogP contribution in [0.15, 0.2) is 36.5 Å². The zero-order valence-corrected chi connectivity index (χ0v) is 21.4. The number of hydrogen-bond acceptors (Lipinski definition) is 9. The van der Waals surface area contributed by atoms with Gasteiger partial charge in [0.1, 0.15) is 12.4 Å². The van der Waals surface area contributed by atoms with Gasteiger partial charge in [-0.2, -0.15) is 15.2 Å². The van der Waals surface area contributed by atoms with Gasteiger partial charge in [-0.1, -0.05) is 18.2 Å². The van der Waals surface area contributed by atoms with E-state index >= 15 is 0 Å². The highest BCUT2D eigenvalue weighted by Gasteiger charge is 2.30. The molecule has 5 heterocycles. The largest absolute Gasteiger partial charge is 0.462 e. The summed E-state index contributed by atoms with van der Waals surface area (Å²) in [5, 5.41) is 13.9. The fourth-order valence-corrected chi connectivity index (χ4v) is 5.90. The van der Waals surface area contributed by atoms with Crippen molar-refractivity contribution in [1.82, 2.24) is 25.2 Å². The van der Waals surface area contributed by atoms with Crippen molar-refractivity contribution in [2.45, 2.75) is 44.3 Å². The summed E-state index contributed by atoms with van der Waals surface area (Å²) in [6, 6.07) is 13.7. The van der Waals surface area contributed by atoms with Crippen LogP contribution in [0, 0.1) is 11.3 Å². The molecule has 6 rings (SSSR count). The average molecular weight is 499 g/mol. The number of anilines is 2. The number of nitrogens with zero attached hydrogens (tertiary/aromatic N) is 7. The Bertz CT molecular complexity index is 1300. The van der Waals surface area contributed by atoms with Gasteiger partial charge < -0.3 is 24.8 Å². The van der Waals surface area contributed by atoms with Crippen LogP contribution in [0.4, 0.5) is 11.5 Å². The summed E-state index contributed by atoms with van der Waals surface area (Å²) in [5.41, 5.74) is 4.42. The second-order valence-corrected chi connectivity index (χ2v) is 10.3. The molecule has 0 amide bonds. The first kappa shape index (κ1) is 23.9. The van der Waals surface area contributed by atoms with Gasteiger partial charge in [-0.25, -0.2) is 0 Å². The van der Waals surface area contributed by atoms with E-state index in [1.807, 2.05) is 12.3 Å². The number of para-hydroxylation sites is 1. The molecule has 3 aromatic rings. The first-order valence-corrected chi connectivity index (χ1v) is 13.4. The van der Waals surface area contributed by atoms with Gasteiger partial charge in [0, 0.05) is 61.1 Å². The highest BCUT2D eigenvalue weighted by Crippen LogP contribution is 2.34. The monoisotopic (exact) mass is 498 g/mol. The summed E-state index contributed by atoms with van der Waals surface area (Å²) in [4.78, 5) is 21.6. The molecule has 0 saturated carbocycles. The summed E-state index contributed by atoms with van der Waals surface area (Å²) in [6.07, 6.45) is 5.59. The molecule has 0 radical (unpaired) electrons. The Morgan fingerprint density at radius 2 is 2.05 bits per heavy atom. The molecule has 0 bridgehead atoms. The summed E-state index contributed by atoms with van der Waals surface area (Å²) in [7, 11) is 2.16. The first-order chi connectivity index (χ1) is 18.2. The number of likely N-dealkylation sites (tertiary alicyclic amines) is 1. The number of nitrogens with one attached hydrogen (secondary N) is 1. The van der Waals surface area contributed by atoms with Gasteiger partial charge >= 0.3 is 6.01 Å². The molecular weight excluding hydrogens is 464 g/mol. The van der Waals surface area contributed by atoms with Crippen molar-refractivity contribution in [3.8, 4) is 12.1 Å². The van der Waals surface area contributed by atoms with Gasteiger partial charge in [-0.15, -0.1) is 0 Å². The van der Waals surface area contributed by atoms with Gasteiger partial charge in [0.2, 0.25) is 0 Å². The maximum absolute atomic E-state index is 9.25. The summed E-state index contributed by atoms with van der Waals surface area (Å²) in [6.45, 7) is 5.76. The van der Waals surface area contributed by atoms with Crippen molar-refractivity contribution in [3.63, 3.8) is 0 Å². The lowest BCUT2D eigenvalue weighted by Crippen LogP contribution is -2.51. The van der Waals surface area contributed by atoms with Gasteiger partial charge in [-0.3, -0.25) is 4.98 Å². The lowest BCUT2D eigenvalue weighted by atomic mass is 10.0. The van der Waals surface area contributed by atoms with Crippen LogP contribution in [0.3, 0.4) is 0 Å². The Balaban J connectivity index is 1.32. The Morgan fingerprint density at radius 3 is 2.92 bits per heavy atom. The molecule has 9 nitrogen and oxygen atoms in total. The molecule has 1 unspecified atom stereocenters.